The molecule has 1 aliphatic rings. The number of hydrogen-bond acceptors (Lipinski definition) is 1. The minimum absolute atomic E-state index is 0.0124. The zero-order chi connectivity index (χ0) is 14.8. The number of carbonyl (C=O) groups excluding carboxylic acids is 1. The lowest BCUT2D eigenvalue weighted by Crippen LogP contribution is -2.37. The summed E-state index contributed by atoms with van der Waals surface area (Å²) in [6, 6.07) is 16.7. The molecule has 2 aromatic carbocycles. The lowest BCUT2D eigenvalue weighted by atomic mass is 9.84. The van der Waals surface area contributed by atoms with E-state index in [0.29, 0.717) is 13.1 Å². The van der Waals surface area contributed by atoms with Crippen LogP contribution in [-0.2, 0) is 11.3 Å². The Labute approximate surface area is 133 Å². The van der Waals surface area contributed by atoms with Crippen molar-refractivity contribution >= 4 is 21.8 Å². The number of fused-ring (bicyclic) bond motifs is 1. The zero-order valence-electron chi connectivity index (χ0n) is 11.6. The first kappa shape index (κ1) is 14.1. The monoisotopic (exact) mass is 341 g/mol. The Kier molecular flexibility index (Phi) is 3.93. The van der Waals surface area contributed by atoms with Gasteiger partial charge in [-0.15, -0.1) is 0 Å². The number of rotatable bonds is 2. The van der Waals surface area contributed by atoms with Crippen molar-refractivity contribution in [2.75, 3.05) is 6.54 Å². The first-order valence-electron chi connectivity index (χ1n) is 6.93. The van der Waals surface area contributed by atoms with Crippen molar-refractivity contribution in [3.8, 4) is 0 Å². The minimum atomic E-state index is -0.0124. The molecule has 21 heavy (non-hydrogen) atoms. The second-order valence-electron chi connectivity index (χ2n) is 5.23. The van der Waals surface area contributed by atoms with E-state index in [1.54, 1.807) is 0 Å². The van der Waals surface area contributed by atoms with E-state index in [-0.39, 0.29) is 11.8 Å². The summed E-state index contributed by atoms with van der Waals surface area (Å²) in [5.74, 6) is 0.202. The van der Waals surface area contributed by atoms with Crippen LogP contribution in [0.3, 0.4) is 0 Å². The Hall–Kier alpha value is -1.87. The third kappa shape index (κ3) is 2.79. The maximum absolute atomic E-state index is 12.0. The molecule has 2 aromatic rings. The first-order chi connectivity index (χ1) is 10.2. The van der Waals surface area contributed by atoms with Crippen LogP contribution in [0.2, 0.25) is 0 Å². The van der Waals surface area contributed by atoms with Gasteiger partial charge in [-0.1, -0.05) is 58.9 Å². The SMILES string of the molecule is C=CC(=O)N1Cc2cc(Br)ccc2[C@@H](c2ccccc2)C1. The highest BCUT2D eigenvalue weighted by Crippen LogP contribution is 2.34. The Morgan fingerprint density at radius 3 is 2.71 bits per heavy atom. The molecule has 0 saturated carbocycles. The van der Waals surface area contributed by atoms with E-state index in [0.717, 1.165) is 4.47 Å². The Morgan fingerprint density at radius 1 is 1.24 bits per heavy atom. The summed E-state index contributed by atoms with van der Waals surface area (Å²) in [5, 5.41) is 0. The van der Waals surface area contributed by atoms with Crippen LogP contribution in [0.1, 0.15) is 22.6 Å². The molecule has 0 bridgehead atoms. The van der Waals surface area contributed by atoms with E-state index in [1.165, 1.54) is 22.8 Å². The average molecular weight is 342 g/mol. The second kappa shape index (κ2) is 5.86. The van der Waals surface area contributed by atoms with Gasteiger partial charge in [0.1, 0.15) is 0 Å². The van der Waals surface area contributed by atoms with Gasteiger partial charge < -0.3 is 4.90 Å². The molecule has 0 fully saturated rings. The molecule has 1 amide bonds. The van der Waals surface area contributed by atoms with Crippen LogP contribution < -0.4 is 0 Å². The van der Waals surface area contributed by atoms with Crippen LogP contribution in [0.25, 0.3) is 0 Å². The molecule has 1 heterocycles. The van der Waals surface area contributed by atoms with Gasteiger partial charge in [0.05, 0.1) is 0 Å². The number of halogens is 1. The first-order valence-corrected chi connectivity index (χ1v) is 7.73. The van der Waals surface area contributed by atoms with Gasteiger partial charge in [-0.25, -0.2) is 0 Å². The third-order valence-corrected chi connectivity index (χ3v) is 4.43. The van der Waals surface area contributed by atoms with E-state index in [4.69, 9.17) is 0 Å². The van der Waals surface area contributed by atoms with Crippen LogP contribution in [-0.4, -0.2) is 17.4 Å². The van der Waals surface area contributed by atoms with Crippen molar-refractivity contribution in [1.82, 2.24) is 4.90 Å². The van der Waals surface area contributed by atoms with Gasteiger partial charge in [-0.3, -0.25) is 4.79 Å². The van der Waals surface area contributed by atoms with Gasteiger partial charge in [0.15, 0.2) is 0 Å². The summed E-state index contributed by atoms with van der Waals surface area (Å²) in [7, 11) is 0. The average Bonchev–Trinajstić information content (AvgIpc) is 2.53. The van der Waals surface area contributed by atoms with E-state index >= 15 is 0 Å². The molecule has 106 valence electrons. The van der Waals surface area contributed by atoms with Crippen LogP contribution >= 0.6 is 15.9 Å². The summed E-state index contributed by atoms with van der Waals surface area (Å²) < 4.78 is 1.04. The van der Waals surface area contributed by atoms with Crippen molar-refractivity contribution in [1.29, 1.82) is 0 Å². The van der Waals surface area contributed by atoms with Crippen molar-refractivity contribution in [3.63, 3.8) is 0 Å². The summed E-state index contributed by atoms with van der Waals surface area (Å²) in [5.41, 5.74) is 3.74. The maximum atomic E-state index is 12.0. The molecule has 3 heteroatoms. The highest BCUT2D eigenvalue weighted by Gasteiger charge is 2.28. The normalized spacial score (nSPS) is 17.2. The number of carbonyl (C=O) groups is 1. The summed E-state index contributed by atoms with van der Waals surface area (Å²) in [4.78, 5) is 13.9. The fourth-order valence-corrected chi connectivity index (χ4v) is 3.32. The predicted octanol–water partition coefficient (Wildman–Crippen LogP) is 4.11. The molecule has 1 aliphatic heterocycles. The van der Waals surface area contributed by atoms with E-state index in [2.05, 4.69) is 52.8 Å². The zero-order valence-corrected chi connectivity index (χ0v) is 13.2. The summed E-state index contributed by atoms with van der Waals surface area (Å²) in [6.45, 7) is 4.95. The standard InChI is InChI=1S/C18H16BrNO/c1-2-18(21)20-11-14-10-15(19)8-9-16(14)17(12-20)13-6-4-3-5-7-13/h2-10,17H,1,11-12H2/t17-/m1/s1. The number of amides is 1. The van der Waals surface area contributed by atoms with Crippen LogP contribution in [0.15, 0.2) is 65.7 Å². The van der Waals surface area contributed by atoms with Crippen molar-refractivity contribution in [3.05, 3.63) is 82.3 Å². The van der Waals surface area contributed by atoms with Gasteiger partial charge in [-0.2, -0.15) is 0 Å². The largest absolute Gasteiger partial charge is 0.334 e. The quantitative estimate of drug-likeness (QED) is 0.752. The van der Waals surface area contributed by atoms with E-state index < -0.39 is 0 Å². The van der Waals surface area contributed by atoms with Crippen molar-refractivity contribution < 1.29 is 4.79 Å². The molecule has 2 nitrogen and oxygen atoms in total. The van der Waals surface area contributed by atoms with E-state index in [9.17, 15) is 4.79 Å². The molecular formula is C18H16BrNO. The molecule has 0 N–H and O–H groups in total. The highest BCUT2D eigenvalue weighted by atomic mass is 79.9. The van der Waals surface area contributed by atoms with Gasteiger partial charge >= 0.3 is 0 Å². The second-order valence-corrected chi connectivity index (χ2v) is 6.14. The molecule has 1 atom stereocenters. The molecule has 0 radical (unpaired) electrons. The molecule has 3 rings (SSSR count). The third-order valence-electron chi connectivity index (χ3n) is 3.93. The number of hydrogen-bond donors (Lipinski definition) is 0. The molecule has 0 aliphatic carbocycles. The van der Waals surface area contributed by atoms with E-state index in [1.807, 2.05) is 23.1 Å². The van der Waals surface area contributed by atoms with Gasteiger partial charge in [0.2, 0.25) is 5.91 Å². The predicted molar refractivity (Wildman–Crippen MR) is 88.0 cm³/mol. The molecule has 0 aromatic heterocycles. The van der Waals surface area contributed by atoms with Gasteiger partial charge in [0, 0.05) is 23.5 Å². The topological polar surface area (TPSA) is 20.3 Å². The molecular weight excluding hydrogens is 326 g/mol. The summed E-state index contributed by atoms with van der Waals surface area (Å²) >= 11 is 3.52. The Morgan fingerprint density at radius 2 is 2.00 bits per heavy atom. The fourth-order valence-electron chi connectivity index (χ4n) is 2.91. The smallest absolute Gasteiger partial charge is 0.246 e. The maximum Gasteiger partial charge on any atom is 0.246 e. The number of benzene rings is 2. The fraction of sp³-hybridized carbons (Fsp3) is 0.167. The Balaban J connectivity index is 2.07. The summed E-state index contributed by atoms with van der Waals surface area (Å²) in [6.07, 6.45) is 1.39. The lowest BCUT2D eigenvalue weighted by Gasteiger charge is -2.34. The van der Waals surface area contributed by atoms with Gasteiger partial charge in [-0.05, 0) is 34.9 Å². The number of nitrogens with zero attached hydrogens (tertiary/aromatic N) is 1. The van der Waals surface area contributed by atoms with Crippen LogP contribution in [0.5, 0.6) is 0 Å². The molecule has 0 saturated heterocycles. The Bertz CT molecular complexity index is 681. The van der Waals surface area contributed by atoms with Gasteiger partial charge in [0.25, 0.3) is 0 Å². The highest BCUT2D eigenvalue weighted by molar-refractivity contribution is 9.10. The molecule has 0 unspecified atom stereocenters. The van der Waals surface area contributed by atoms with Crippen LogP contribution in [0, 0.1) is 0 Å². The van der Waals surface area contributed by atoms with Crippen LogP contribution in [0.4, 0.5) is 0 Å². The lowest BCUT2D eigenvalue weighted by molar-refractivity contribution is -0.127. The van der Waals surface area contributed by atoms with Crippen molar-refractivity contribution in [2.45, 2.75) is 12.5 Å². The van der Waals surface area contributed by atoms with Crippen molar-refractivity contribution in [2.24, 2.45) is 0 Å². The minimum Gasteiger partial charge on any atom is -0.334 e. The molecule has 0 spiro atoms.